The number of rotatable bonds is 6. The number of hydrogen-bond acceptors (Lipinski definition) is 7. The van der Waals surface area contributed by atoms with Crippen LogP contribution in [0.5, 0.6) is 0 Å². The summed E-state index contributed by atoms with van der Waals surface area (Å²) in [6.07, 6.45) is -1.10. The van der Waals surface area contributed by atoms with Crippen molar-refractivity contribution in [1.29, 1.82) is 0 Å². The number of benzene rings is 1. The number of sulfonamides is 1. The van der Waals surface area contributed by atoms with Crippen LogP contribution >= 0.6 is 23.4 Å². The van der Waals surface area contributed by atoms with Gasteiger partial charge >= 0.3 is 6.09 Å². The van der Waals surface area contributed by atoms with Gasteiger partial charge < -0.3 is 14.7 Å². The lowest BCUT2D eigenvalue weighted by Gasteiger charge is -2.31. The van der Waals surface area contributed by atoms with Crippen LogP contribution in [0.3, 0.4) is 0 Å². The number of aliphatic hydroxyl groups is 1. The van der Waals surface area contributed by atoms with Crippen LogP contribution in [-0.2, 0) is 20.5 Å². The molecule has 0 radical (unpaired) electrons. The van der Waals surface area contributed by atoms with Gasteiger partial charge in [-0.05, 0) is 25.0 Å². The summed E-state index contributed by atoms with van der Waals surface area (Å²) in [5.74, 6) is 0.642. The topological polar surface area (TPSA) is 108 Å². The van der Waals surface area contributed by atoms with Gasteiger partial charge in [-0.2, -0.15) is 0 Å². The number of halogens is 1. The van der Waals surface area contributed by atoms with Gasteiger partial charge in [-0.25, -0.2) is 17.9 Å². The number of ether oxygens (including phenoxy) is 1. The fraction of sp³-hybridized carbons (Fsp3) is 0.529. The molecule has 1 aromatic rings. The van der Waals surface area contributed by atoms with E-state index >= 15 is 0 Å². The van der Waals surface area contributed by atoms with E-state index in [0.717, 1.165) is 0 Å². The first-order valence-electron chi connectivity index (χ1n) is 8.64. The van der Waals surface area contributed by atoms with Crippen molar-refractivity contribution in [3.8, 4) is 0 Å². The van der Waals surface area contributed by atoms with Crippen molar-refractivity contribution in [2.45, 2.75) is 31.4 Å². The van der Waals surface area contributed by atoms with Crippen molar-refractivity contribution in [2.75, 3.05) is 26.0 Å². The molecule has 0 saturated carbocycles. The third-order valence-electron chi connectivity index (χ3n) is 4.01. The minimum atomic E-state index is -4.27. The van der Waals surface area contributed by atoms with Crippen molar-refractivity contribution in [3.63, 3.8) is 0 Å². The SMILES string of the molecule is CCOC(=O)NS(=O)(=O)c1cc(C2(O)CSC(=NCC(C)C)N2C)ccc1Cl. The molecular weight excluding hydrogens is 426 g/mol. The maximum absolute atomic E-state index is 12.5. The zero-order chi connectivity index (χ0) is 21.1. The van der Waals surface area contributed by atoms with E-state index in [4.69, 9.17) is 11.6 Å². The molecule has 156 valence electrons. The Morgan fingerprint density at radius 3 is 2.79 bits per heavy atom. The predicted molar refractivity (Wildman–Crippen MR) is 110 cm³/mol. The van der Waals surface area contributed by atoms with Gasteiger partial charge in [0.15, 0.2) is 10.9 Å². The normalized spacial score (nSPS) is 21.4. The first-order chi connectivity index (χ1) is 13.0. The van der Waals surface area contributed by atoms with Gasteiger partial charge in [-0.3, -0.25) is 4.99 Å². The van der Waals surface area contributed by atoms with Gasteiger partial charge in [0, 0.05) is 19.2 Å². The van der Waals surface area contributed by atoms with E-state index in [1.807, 2.05) is 13.8 Å². The maximum Gasteiger partial charge on any atom is 0.421 e. The van der Waals surface area contributed by atoms with Gasteiger partial charge in [0.05, 0.1) is 17.4 Å². The molecule has 1 unspecified atom stereocenters. The van der Waals surface area contributed by atoms with Gasteiger partial charge in [0.2, 0.25) is 0 Å². The van der Waals surface area contributed by atoms with Crippen LogP contribution in [0.4, 0.5) is 4.79 Å². The lowest BCUT2D eigenvalue weighted by Crippen LogP contribution is -2.42. The number of nitrogens with one attached hydrogen (secondary N) is 1. The minimum Gasteiger partial charge on any atom is -0.449 e. The monoisotopic (exact) mass is 449 g/mol. The molecule has 8 nitrogen and oxygen atoms in total. The first kappa shape index (κ1) is 22.8. The lowest BCUT2D eigenvalue weighted by atomic mass is 10.0. The van der Waals surface area contributed by atoms with Crippen molar-refractivity contribution < 1.29 is 23.1 Å². The van der Waals surface area contributed by atoms with Crippen LogP contribution in [0, 0.1) is 5.92 Å². The molecule has 1 aliphatic rings. The Labute approximate surface area is 174 Å². The molecule has 1 heterocycles. The Hall–Kier alpha value is -1.49. The third kappa shape index (κ3) is 4.91. The fourth-order valence-electron chi connectivity index (χ4n) is 2.49. The zero-order valence-electron chi connectivity index (χ0n) is 16.1. The molecule has 1 aromatic carbocycles. The molecule has 1 atom stereocenters. The molecule has 11 heteroatoms. The maximum atomic E-state index is 12.5. The van der Waals surface area contributed by atoms with Gasteiger partial charge in [0.25, 0.3) is 10.0 Å². The summed E-state index contributed by atoms with van der Waals surface area (Å²) in [5, 5.41) is 11.8. The number of carbonyl (C=O) groups is 1. The van der Waals surface area contributed by atoms with E-state index in [9.17, 15) is 18.3 Å². The molecule has 0 aromatic heterocycles. The Bertz CT molecular complexity index is 876. The molecule has 1 fully saturated rings. The van der Waals surface area contributed by atoms with Crippen LogP contribution in [0.25, 0.3) is 0 Å². The summed E-state index contributed by atoms with van der Waals surface area (Å²) < 4.78 is 31.4. The van der Waals surface area contributed by atoms with E-state index < -0.39 is 21.8 Å². The molecule has 0 bridgehead atoms. The van der Waals surface area contributed by atoms with Gasteiger partial charge in [0.1, 0.15) is 4.90 Å². The predicted octanol–water partition coefficient (Wildman–Crippen LogP) is 2.61. The van der Waals surface area contributed by atoms with E-state index in [1.165, 1.54) is 23.9 Å². The average molecular weight is 450 g/mol. The first-order valence-corrected chi connectivity index (χ1v) is 11.5. The van der Waals surface area contributed by atoms with Crippen LogP contribution in [-0.4, -0.2) is 55.6 Å². The summed E-state index contributed by atoms with van der Waals surface area (Å²) >= 11 is 7.43. The van der Waals surface area contributed by atoms with Crippen LogP contribution in [0.15, 0.2) is 28.1 Å². The fourth-order valence-corrected chi connectivity index (χ4v) is 5.11. The second-order valence-corrected chi connectivity index (χ2v) is 9.65. The summed E-state index contributed by atoms with van der Waals surface area (Å²) in [6.45, 7) is 6.29. The number of nitrogens with zero attached hydrogens (tertiary/aromatic N) is 2. The highest BCUT2D eigenvalue weighted by molar-refractivity contribution is 8.14. The van der Waals surface area contributed by atoms with Crippen molar-refractivity contribution in [2.24, 2.45) is 10.9 Å². The van der Waals surface area contributed by atoms with Gasteiger partial charge in [-0.15, -0.1) is 0 Å². The molecule has 0 spiro atoms. The minimum absolute atomic E-state index is 0.0232. The lowest BCUT2D eigenvalue weighted by molar-refractivity contribution is -0.0350. The van der Waals surface area contributed by atoms with E-state index in [2.05, 4.69) is 9.73 Å². The van der Waals surface area contributed by atoms with Crippen molar-refractivity contribution in [1.82, 2.24) is 9.62 Å². The Morgan fingerprint density at radius 2 is 2.18 bits per heavy atom. The number of carbonyl (C=O) groups excluding carboxylic acids is 1. The van der Waals surface area contributed by atoms with Crippen LogP contribution in [0.2, 0.25) is 5.02 Å². The number of amidine groups is 1. The molecule has 1 amide bonds. The van der Waals surface area contributed by atoms with Crippen LogP contribution in [0.1, 0.15) is 26.3 Å². The number of aliphatic imine (C=N–C) groups is 1. The second-order valence-electron chi connectivity index (χ2n) is 6.65. The molecule has 2 rings (SSSR count). The molecule has 2 N–H and O–H groups in total. The molecular formula is C17H24ClN3O5S2. The van der Waals surface area contributed by atoms with Crippen molar-refractivity contribution >= 4 is 44.6 Å². The smallest absolute Gasteiger partial charge is 0.421 e. The molecule has 1 saturated heterocycles. The molecule has 0 aliphatic carbocycles. The highest BCUT2D eigenvalue weighted by Gasteiger charge is 2.43. The summed E-state index contributed by atoms with van der Waals surface area (Å²) in [4.78, 5) is 17.3. The highest BCUT2D eigenvalue weighted by atomic mass is 35.5. The highest BCUT2D eigenvalue weighted by Crippen LogP contribution is 2.39. The Kier molecular flexibility index (Phi) is 7.24. The third-order valence-corrected chi connectivity index (χ3v) is 7.01. The summed E-state index contributed by atoms with van der Waals surface area (Å²) in [6, 6.07) is 4.18. The summed E-state index contributed by atoms with van der Waals surface area (Å²) in [5.41, 5.74) is -1.13. The average Bonchev–Trinajstić information content (AvgIpc) is 2.89. The number of thioether (sulfide) groups is 1. The Balaban J connectivity index is 2.37. The standard InChI is InChI=1S/C17H24ClN3O5S2/c1-5-26-16(22)20-28(24,25)14-8-12(6-7-13(14)18)17(23)10-27-15(21(17)4)19-9-11(2)3/h6-8,11,23H,5,9-10H2,1-4H3,(H,20,22). The van der Waals surface area contributed by atoms with Crippen molar-refractivity contribution in [3.05, 3.63) is 28.8 Å². The van der Waals surface area contributed by atoms with E-state index in [0.29, 0.717) is 23.2 Å². The molecule has 1 aliphatic heterocycles. The largest absolute Gasteiger partial charge is 0.449 e. The number of amides is 1. The van der Waals surface area contributed by atoms with E-state index in [-0.39, 0.29) is 22.3 Å². The van der Waals surface area contributed by atoms with E-state index in [1.54, 1.807) is 29.7 Å². The Morgan fingerprint density at radius 1 is 1.50 bits per heavy atom. The zero-order valence-corrected chi connectivity index (χ0v) is 18.5. The quantitative estimate of drug-likeness (QED) is 0.687. The van der Waals surface area contributed by atoms with Gasteiger partial charge in [-0.1, -0.05) is 43.3 Å². The van der Waals surface area contributed by atoms with Crippen LogP contribution < -0.4 is 4.72 Å². The summed E-state index contributed by atoms with van der Waals surface area (Å²) in [7, 11) is -2.57. The number of hydrogen-bond donors (Lipinski definition) is 2. The second kappa shape index (κ2) is 8.89. The molecule has 28 heavy (non-hydrogen) atoms.